The van der Waals surface area contributed by atoms with E-state index >= 15 is 0 Å². The summed E-state index contributed by atoms with van der Waals surface area (Å²) in [4.78, 5) is 12.3. The molecule has 0 aliphatic rings. The lowest BCUT2D eigenvalue weighted by Gasteiger charge is -2.11. The van der Waals surface area contributed by atoms with E-state index in [0.717, 1.165) is 0 Å². The fraction of sp³-hybridized carbons (Fsp3) is 0.278. The van der Waals surface area contributed by atoms with Crippen LogP contribution in [0.4, 0.5) is 4.39 Å². The second kappa shape index (κ2) is 7.65. The molecule has 0 unspecified atom stereocenters. The molecule has 130 valence electrons. The Balaban J connectivity index is 1.80. The summed E-state index contributed by atoms with van der Waals surface area (Å²) in [6, 6.07) is 9.60. The topological polar surface area (TPSA) is 60.9 Å². The predicted octanol–water partition coefficient (Wildman–Crippen LogP) is 4.31. The predicted molar refractivity (Wildman–Crippen MR) is 94.0 cm³/mol. The SMILES string of the molecule is CC(C)Cn1c(SCC(=O)c2ccccc2F)nnc1-c1ccco1. The zero-order valence-corrected chi connectivity index (χ0v) is 14.8. The Morgan fingerprint density at radius 3 is 2.72 bits per heavy atom. The van der Waals surface area contributed by atoms with Crippen LogP contribution in [-0.2, 0) is 6.54 Å². The van der Waals surface area contributed by atoms with E-state index in [1.165, 1.54) is 23.9 Å². The Bertz CT molecular complexity index is 859. The number of hydrogen-bond donors (Lipinski definition) is 0. The fourth-order valence-electron chi connectivity index (χ4n) is 2.41. The van der Waals surface area contributed by atoms with Gasteiger partial charge in [-0.1, -0.05) is 37.7 Å². The molecule has 0 saturated heterocycles. The standard InChI is InChI=1S/C18H18FN3O2S/c1-12(2)10-22-17(16-8-5-9-24-16)20-21-18(22)25-11-15(23)13-6-3-4-7-14(13)19/h3-9,12H,10-11H2,1-2H3. The van der Waals surface area contributed by atoms with Crippen LogP contribution in [0.5, 0.6) is 0 Å². The third kappa shape index (κ3) is 3.99. The van der Waals surface area contributed by atoms with E-state index in [2.05, 4.69) is 24.0 Å². The quantitative estimate of drug-likeness (QED) is 0.465. The molecule has 3 rings (SSSR count). The molecule has 0 radical (unpaired) electrons. The van der Waals surface area contributed by atoms with Crippen LogP contribution in [-0.4, -0.2) is 26.3 Å². The van der Waals surface area contributed by atoms with Crippen LogP contribution in [0.2, 0.25) is 0 Å². The molecule has 0 N–H and O–H groups in total. The molecule has 5 nitrogen and oxygen atoms in total. The molecule has 0 aliphatic heterocycles. The summed E-state index contributed by atoms with van der Waals surface area (Å²) < 4.78 is 21.1. The first-order valence-electron chi connectivity index (χ1n) is 7.94. The molecule has 0 amide bonds. The number of carbonyl (C=O) groups excluding carboxylic acids is 1. The summed E-state index contributed by atoms with van der Waals surface area (Å²) in [6.45, 7) is 4.87. The monoisotopic (exact) mass is 359 g/mol. The number of halogens is 1. The van der Waals surface area contributed by atoms with E-state index in [1.54, 1.807) is 24.5 Å². The number of ketones is 1. The van der Waals surface area contributed by atoms with Crippen molar-refractivity contribution in [3.63, 3.8) is 0 Å². The second-order valence-corrected chi connectivity index (χ2v) is 6.92. The van der Waals surface area contributed by atoms with Crippen molar-refractivity contribution in [3.05, 3.63) is 54.0 Å². The van der Waals surface area contributed by atoms with E-state index < -0.39 is 5.82 Å². The Morgan fingerprint density at radius 2 is 2.04 bits per heavy atom. The summed E-state index contributed by atoms with van der Waals surface area (Å²) in [5.74, 6) is 0.927. The largest absolute Gasteiger partial charge is 0.461 e. The van der Waals surface area contributed by atoms with Gasteiger partial charge < -0.3 is 4.42 Å². The lowest BCUT2D eigenvalue weighted by atomic mass is 10.1. The van der Waals surface area contributed by atoms with Crippen molar-refractivity contribution < 1.29 is 13.6 Å². The van der Waals surface area contributed by atoms with Crippen molar-refractivity contribution in [2.75, 3.05) is 5.75 Å². The first-order chi connectivity index (χ1) is 12.1. The van der Waals surface area contributed by atoms with Crippen LogP contribution in [0.1, 0.15) is 24.2 Å². The Morgan fingerprint density at radius 1 is 1.24 bits per heavy atom. The van der Waals surface area contributed by atoms with Crippen molar-refractivity contribution >= 4 is 17.5 Å². The molecule has 0 atom stereocenters. The van der Waals surface area contributed by atoms with E-state index in [9.17, 15) is 9.18 Å². The molecule has 0 saturated carbocycles. The average molecular weight is 359 g/mol. The van der Waals surface area contributed by atoms with Crippen molar-refractivity contribution in [3.8, 4) is 11.6 Å². The van der Waals surface area contributed by atoms with Gasteiger partial charge in [-0.3, -0.25) is 9.36 Å². The Kier molecular flexibility index (Phi) is 5.33. The summed E-state index contributed by atoms with van der Waals surface area (Å²) in [7, 11) is 0. The van der Waals surface area contributed by atoms with Gasteiger partial charge in [-0.15, -0.1) is 10.2 Å². The number of carbonyl (C=O) groups is 1. The minimum Gasteiger partial charge on any atom is -0.461 e. The van der Waals surface area contributed by atoms with Gasteiger partial charge in [0.1, 0.15) is 5.82 Å². The van der Waals surface area contributed by atoms with Crippen molar-refractivity contribution in [2.45, 2.75) is 25.5 Å². The van der Waals surface area contributed by atoms with Crippen molar-refractivity contribution in [1.29, 1.82) is 0 Å². The number of furan rings is 1. The van der Waals surface area contributed by atoms with Gasteiger partial charge in [0.15, 0.2) is 22.5 Å². The van der Waals surface area contributed by atoms with Gasteiger partial charge >= 0.3 is 0 Å². The van der Waals surface area contributed by atoms with Gasteiger partial charge in [-0.2, -0.15) is 0 Å². The molecular formula is C18H18FN3O2S. The molecule has 2 heterocycles. The molecule has 1 aromatic carbocycles. The van der Waals surface area contributed by atoms with Gasteiger partial charge in [0.25, 0.3) is 0 Å². The Hall–Kier alpha value is -2.41. The maximum absolute atomic E-state index is 13.7. The van der Waals surface area contributed by atoms with Gasteiger partial charge in [-0.25, -0.2) is 4.39 Å². The van der Waals surface area contributed by atoms with Crippen LogP contribution in [0, 0.1) is 11.7 Å². The number of nitrogens with zero attached hydrogens (tertiary/aromatic N) is 3. The lowest BCUT2D eigenvalue weighted by Crippen LogP contribution is -2.10. The number of Topliss-reactive ketones (excluding diaryl/α,β-unsaturated/α-hetero) is 1. The number of aromatic nitrogens is 3. The lowest BCUT2D eigenvalue weighted by molar-refractivity contribution is 0.101. The number of benzene rings is 1. The highest BCUT2D eigenvalue weighted by atomic mass is 32.2. The smallest absolute Gasteiger partial charge is 0.200 e. The van der Waals surface area contributed by atoms with E-state index in [-0.39, 0.29) is 17.1 Å². The Labute approximate surface area is 149 Å². The number of thioether (sulfide) groups is 1. The highest BCUT2D eigenvalue weighted by Crippen LogP contribution is 2.26. The van der Waals surface area contributed by atoms with Crippen LogP contribution < -0.4 is 0 Å². The number of rotatable bonds is 7. The maximum atomic E-state index is 13.7. The minimum absolute atomic E-state index is 0.0926. The number of hydrogen-bond acceptors (Lipinski definition) is 5. The zero-order valence-electron chi connectivity index (χ0n) is 14.0. The first-order valence-corrected chi connectivity index (χ1v) is 8.92. The zero-order chi connectivity index (χ0) is 17.8. The van der Waals surface area contributed by atoms with Crippen molar-refractivity contribution in [1.82, 2.24) is 14.8 Å². The van der Waals surface area contributed by atoms with Crippen molar-refractivity contribution in [2.24, 2.45) is 5.92 Å². The molecule has 0 bridgehead atoms. The molecule has 2 aromatic heterocycles. The second-order valence-electron chi connectivity index (χ2n) is 5.98. The van der Waals surface area contributed by atoms with Crippen LogP contribution in [0.3, 0.4) is 0 Å². The van der Waals surface area contributed by atoms with Crippen LogP contribution in [0.15, 0.2) is 52.2 Å². The normalized spacial score (nSPS) is 11.2. The van der Waals surface area contributed by atoms with Gasteiger partial charge in [0.2, 0.25) is 0 Å². The van der Waals surface area contributed by atoms with Crippen LogP contribution in [0.25, 0.3) is 11.6 Å². The first kappa shape index (κ1) is 17.4. The highest BCUT2D eigenvalue weighted by Gasteiger charge is 2.19. The van der Waals surface area contributed by atoms with Gasteiger partial charge in [0, 0.05) is 6.54 Å². The third-order valence-corrected chi connectivity index (χ3v) is 4.48. The molecule has 0 fully saturated rings. The maximum Gasteiger partial charge on any atom is 0.200 e. The molecule has 0 spiro atoms. The molecular weight excluding hydrogens is 341 g/mol. The van der Waals surface area contributed by atoms with Gasteiger partial charge in [0.05, 0.1) is 17.6 Å². The third-order valence-electron chi connectivity index (χ3n) is 3.51. The van der Waals surface area contributed by atoms with E-state index in [1.807, 2.05) is 10.6 Å². The van der Waals surface area contributed by atoms with E-state index in [0.29, 0.717) is 29.2 Å². The molecule has 7 heteroatoms. The van der Waals surface area contributed by atoms with Crippen LogP contribution >= 0.6 is 11.8 Å². The molecule has 3 aromatic rings. The molecule has 25 heavy (non-hydrogen) atoms. The summed E-state index contributed by atoms with van der Waals surface area (Å²) in [5.41, 5.74) is 0.0937. The fourth-order valence-corrected chi connectivity index (χ4v) is 3.24. The summed E-state index contributed by atoms with van der Waals surface area (Å²) >= 11 is 1.25. The summed E-state index contributed by atoms with van der Waals surface area (Å²) in [6.07, 6.45) is 1.58. The van der Waals surface area contributed by atoms with E-state index in [4.69, 9.17) is 4.42 Å². The molecule has 0 aliphatic carbocycles. The summed E-state index contributed by atoms with van der Waals surface area (Å²) in [5, 5.41) is 8.99. The van der Waals surface area contributed by atoms with Gasteiger partial charge in [-0.05, 0) is 30.2 Å². The average Bonchev–Trinajstić information content (AvgIpc) is 3.22. The highest BCUT2D eigenvalue weighted by molar-refractivity contribution is 7.99. The minimum atomic E-state index is -0.506.